The van der Waals surface area contributed by atoms with E-state index < -0.39 is 16.8 Å². The van der Waals surface area contributed by atoms with Gasteiger partial charge in [-0.05, 0) is 19.4 Å². The normalized spacial score (nSPS) is 12.4. The van der Waals surface area contributed by atoms with Crippen LogP contribution in [0.5, 0.6) is 0 Å². The zero-order valence-corrected chi connectivity index (χ0v) is 19.2. The molecular weight excluding hydrogens is 382 g/mol. The highest BCUT2D eigenvalue weighted by atomic mass is 32.2. The summed E-state index contributed by atoms with van der Waals surface area (Å²) in [5.41, 5.74) is 1.35. The van der Waals surface area contributed by atoms with Gasteiger partial charge in [0, 0.05) is 23.7 Å². The second-order valence-corrected chi connectivity index (χ2v) is 9.21. The minimum Gasteiger partial charge on any atom is -0.461 e. The summed E-state index contributed by atoms with van der Waals surface area (Å²) in [7, 11) is 0.636. The highest BCUT2D eigenvalue weighted by Gasteiger charge is 2.25. The maximum Gasteiger partial charge on any atom is 0.356 e. The number of rotatable bonds is 14. The van der Waals surface area contributed by atoms with Crippen LogP contribution >= 0.6 is 0 Å². The molecule has 0 radical (unpaired) electrons. The van der Waals surface area contributed by atoms with Crippen molar-refractivity contribution in [3.8, 4) is 0 Å². The van der Waals surface area contributed by atoms with Crippen LogP contribution in [0.4, 0.5) is 0 Å². The summed E-state index contributed by atoms with van der Waals surface area (Å²) in [4.78, 5) is 13.2. The van der Waals surface area contributed by atoms with Crippen LogP contribution in [0.1, 0.15) is 88.5 Å². The number of hydrogen-bond acceptors (Lipinski definition) is 3. The van der Waals surface area contributed by atoms with Gasteiger partial charge < -0.3 is 9.30 Å². The molecule has 0 amide bonds. The predicted molar refractivity (Wildman–Crippen MR) is 122 cm³/mol. The Bertz CT molecular complexity index is 797. The number of fused-ring (bicyclic) bond motifs is 1. The first-order valence-corrected chi connectivity index (χ1v) is 12.6. The van der Waals surface area contributed by atoms with Crippen LogP contribution in [-0.4, -0.2) is 27.1 Å². The van der Waals surface area contributed by atoms with Gasteiger partial charge in [0.1, 0.15) is 5.69 Å². The van der Waals surface area contributed by atoms with Gasteiger partial charge in [0.15, 0.2) is 0 Å². The van der Waals surface area contributed by atoms with Crippen LogP contribution in [-0.2, 0) is 22.6 Å². The molecule has 0 aliphatic carbocycles. The second kappa shape index (κ2) is 12.8. The standard InChI is InChI=1S/C24H37NO3S/c1-4-6-7-8-9-10-11-12-13-16-19-29(27)23-20-17-14-15-18-21(20)25(3)22(23)24(26)28-5-2/h14-15,17-18H,4-13,16,19H2,1-3H3. The van der Waals surface area contributed by atoms with Crippen molar-refractivity contribution in [2.45, 2.75) is 83.0 Å². The van der Waals surface area contributed by atoms with Gasteiger partial charge in [-0.3, -0.25) is 4.21 Å². The number of para-hydroxylation sites is 1. The van der Waals surface area contributed by atoms with E-state index in [4.69, 9.17) is 4.74 Å². The molecule has 1 aromatic carbocycles. The van der Waals surface area contributed by atoms with Crippen LogP contribution in [0.15, 0.2) is 29.2 Å². The largest absolute Gasteiger partial charge is 0.461 e. The van der Waals surface area contributed by atoms with E-state index in [2.05, 4.69) is 6.92 Å². The number of aromatic nitrogens is 1. The number of carbonyl (C=O) groups excluding carboxylic acids is 1. The van der Waals surface area contributed by atoms with Crippen molar-refractivity contribution in [2.75, 3.05) is 12.4 Å². The maximum atomic E-state index is 13.1. The molecule has 2 rings (SSSR count). The summed E-state index contributed by atoms with van der Waals surface area (Å²) in [5, 5.41) is 0.892. The Morgan fingerprint density at radius 3 is 2.14 bits per heavy atom. The van der Waals surface area contributed by atoms with Crippen molar-refractivity contribution in [1.82, 2.24) is 4.57 Å². The van der Waals surface area contributed by atoms with Crippen molar-refractivity contribution < 1.29 is 13.7 Å². The quantitative estimate of drug-likeness (QED) is 0.263. The molecule has 4 nitrogen and oxygen atoms in total. The molecule has 1 heterocycles. The molecule has 162 valence electrons. The highest BCUT2D eigenvalue weighted by molar-refractivity contribution is 7.85. The van der Waals surface area contributed by atoms with Crippen molar-refractivity contribution in [3.63, 3.8) is 0 Å². The van der Waals surface area contributed by atoms with E-state index in [0.717, 1.165) is 23.7 Å². The molecule has 0 aliphatic heterocycles. The van der Waals surface area contributed by atoms with Gasteiger partial charge in [-0.25, -0.2) is 4.79 Å². The summed E-state index contributed by atoms with van der Waals surface area (Å²) < 4.78 is 20.2. The molecule has 0 saturated carbocycles. The van der Waals surface area contributed by atoms with E-state index in [9.17, 15) is 9.00 Å². The lowest BCUT2D eigenvalue weighted by molar-refractivity contribution is 0.0511. The lowest BCUT2D eigenvalue weighted by Crippen LogP contribution is -2.13. The molecule has 0 N–H and O–H groups in total. The first-order chi connectivity index (χ1) is 14.1. The van der Waals surface area contributed by atoms with Gasteiger partial charge in [0.05, 0.1) is 22.3 Å². The molecular formula is C24H37NO3S. The first kappa shape index (κ1) is 23.7. The number of ether oxygens (including phenoxy) is 1. The molecule has 2 aromatic rings. The Balaban J connectivity index is 1.90. The zero-order valence-electron chi connectivity index (χ0n) is 18.4. The van der Waals surface area contributed by atoms with Crippen molar-refractivity contribution in [2.24, 2.45) is 7.05 Å². The maximum absolute atomic E-state index is 13.1. The van der Waals surface area contributed by atoms with Crippen LogP contribution in [0, 0.1) is 0 Å². The van der Waals surface area contributed by atoms with Crippen LogP contribution < -0.4 is 0 Å². The zero-order chi connectivity index (χ0) is 21.1. The Kier molecular flexibility index (Phi) is 10.5. The van der Waals surface area contributed by atoms with Gasteiger partial charge in [-0.15, -0.1) is 0 Å². The van der Waals surface area contributed by atoms with Gasteiger partial charge in [-0.2, -0.15) is 0 Å². The molecule has 0 spiro atoms. The Morgan fingerprint density at radius 2 is 1.52 bits per heavy atom. The van der Waals surface area contributed by atoms with Gasteiger partial charge >= 0.3 is 5.97 Å². The van der Waals surface area contributed by atoms with Crippen LogP contribution in [0.2, 0.25) is 0 Å². The number of benzene rings is 1. The summed E-state index contributed by atoms with van der Waals surface area (Å²) in [5.74, 6) is 0.203. The number of unbranched alkanes of at least 4 members (excludes halogenated alkanes) is 9. The van der Waals surface area contributed by atoms with Crippen molar-refractivity contribution in [3.05, 3.63) is 30.0 Å². The molecule has 29 heavy (non-hydrogen) atoms. The smallest absolute Gasteiger partial charge is 0.356 e. The third kappa shape index (κ3) is 6.70. The number of hydrogen-bond donors (Lipinski definition) is 0. The molecule has 0 saturated heterocycles. The number of nitrogens with zero attached hydrogens (tertiary/aromatic N) is 1. The fourth-order valence-electron chi connectivity index (χ4n) is 3.84. The summed E-state index contributed by atoms with van der Waals surface area (Å²) >= 11 is 0. The fourth-order valence-corrected chi connectivity index (χ4v) is 5.36. The van der Waals surface area contributed by atoms with E-state index >= 15 is 0 Å². The third-order valence-corrected chi connectivity index (χ3v) is 6.97. The SMILES string of the molecule is CCCCCCCCCCCCS(=O)c1c(C(=O)OCC)n(C)c2ccccc12. The van der Waals surface area contributed by atoms with Gasteiger partial charge in [-0.1, -0.05) is 82.9 Å². The second-order valence-electron chi connectivity index (χ2n) is 7.71. The van der Waals surface area contributed by atoms with Gasteiger partial charge in [0.25, 0.3) is 0 Å². The van der Waals surface area contributed by atoms with E-state index in [1.807, 2.05) is 35.9 Å². The Morgan fingerprint density at radius 1 is 0.931 bits per heavy atom. The summed E-state index contributed by atoms with van der Waals surface area (Å²) in [6.45, 7) is 4.35. The minimum atomic E-state index is -1.21. The monoisotopic (exact) mass is 419 g/mol. The molecule has 0 bridgehead atoms. The van der Waals surface area contributed by atoms with Crippen molar-refractivity contribution in [1.29, 1.82) is 0 Å². The number of aryl methyl sites for hydroxylation is 1. The lowest BCUT2D eigenvalue weighted by Gasteiger charge is -2.07. The van der Waals surface area contributed by atoms with E-state index in [1.165, 1.54) is 51.4 Å². The third-order valence-electron chi connectivity index (χ3n) is 5.44. The fraction of sp³-hybridized carbons (Fsp3) is 0.625. The van der Waals surface area contributed by atoms with Crippen LogP contribution in [0.25, 0.3) is 10.9 Å². The number of esters is 1. The average Bonchev–Trinajstić information content (AvgIpc) is 3.02. The van der Waals surface area contributed by atoms with E-state index in [-0.39, 0.29) is 0 Å². The highest BCUT2D eigenvalue weighted by Crippen LogP contribution is 2.29. The topological polar surface area (TPSA) is 48.3 Å². The lowest BCUT2D eigenvalue weighted by atomic mass is 10.1. The molecule has 1 aromatic heterocycles. The average molecular weight is 420 g/mol. The first-order valence-electron chi connectivity index (χ1n) is 11.2. The molecule has 5 heteroatoms. The summed E-state index contributed by atoms with van der Waals surface area (Å²) in [6.07, 6.45) is 12.5. The predicted octanol–water partition coefficient (Wildman–Crippen LogP) is 6.38. The Labute approximate surface area is 178 Å². The summed E-state index contributed by atoms with van der Waals surface area (Å²) in [6, 6.07) is 7.77. The molecule has 0 aliphatic rings. The van der Waals surface area contributed by atoms with E-state index in [0.29, 0.717) is 22.9 Å². The minimum absolute atomic E-state index is 0.310. The number of carbonyl (C=O) groups is 1. The molecule has 0 fully saturated rings. The van der Waals surface area contributed by atoms with Crippen molar-refractivity contribution >= 4 is 27.7 Å². The van der Waals surface area contributed by atoms with Crippen LogP contribution in [0.3, 0.4) is 0 Å². The Hall–Kier alpha value is -1.62. The molecule has 1 atom stereocenters. The molecule has 1 unspecified atom stereocenters. The van der Waals surface area contributed by atoms with E-state index in [1.54, 1.807) is 6.92 Å². The van der Waals surface area contributed by atoms with Gasteiger partial charge in [0.2, 0.25) is 0 Å².